The number of halogens is 1. The van der Waals surface area contributed by atoms with Crippen molar-refractivity contribution in [2.45, 2.75) is 26.3 Å². The lowest BCUT2D eigenvalue weighted by atomic mass is 10.1. The van der Waals surface area contributed by atoms with Crippen molar-refractivity contribution in [3.05, 3.63) is 53.0 Å². The first kappa shape index (κ1) is 22.8. The van der Waals surface area contributed by atoms with Crippen LogP contribution < -0.4 is 19.5 Å². The van der Waals surface area contributed by atoms with Crippen LogP contribution in [0, 0.1) is 18.7 Å². The molecule has 1 saturated heterocycles. The molecule has 4 heterocycles. The molecule has 0 saturated carbocycles. The van der Waals surface area contributed by atoms with E-state index >= 15 is 0 Å². The van der Waals surface area contributed by atoms with Gasteiger partial charge in [-0.15, -0.1) is 0 Å². The Morgan fingerprint density at radius 3 is 3.00 bits per heavy atom. The summed E-state index contributed by atoms with van der Waals surface area (Å²) in [5.41, 5.74) is 4.21. The van der Waals surface area contributed by atoms with Gasteiger partial charge in [-0.25, -0.2) is 9.37 Å². The fraction of sp³-hybridized carbons (Fsp3) is 0.462. The summed E-state index contributed by atoms with van der Waals surface area (Å²) in [6.45, 7) is 7.86. The highest BCUT2D eigenvalue weighted by molar-refractivity contribution is 5.78. The minimum Gasteiger partial charge on any atom is -0.486 e. The van der Waals surface area contributed by atoms with Crippen LogP contribution in [0.4, 0.5) is 4.39 Å². The summed E-state index contributed by atoms with van der Waals surface area (Å²) >= 11 is 0. The molecule has 1 atom stereocenters. The Kier molecular flexibility index (Phi) is 6.78. The van der Waals surface area contributed by atoms with Crippen molar-refractivity contribution >= 4 is 11.0 Å². The van der Waals surface area contributed by atoms with Crippen molar-refractivity contribution in [2.75, 3.05) is 46.5 Å². The third-order valence-electron chi connectivity index (χ3n) is 6.65. The van der Waals surface area contributed by atoms with Crippen molar-refractivity contribution in [2.24, 2.45) is 5.92 Å². The number of aromatic nitrogens is 2. The molecule has 0 unspecified atom stereocenters. The van der Waals surface area contributed by atoms with Crippen LogP contribution in [0.15, 0.2) is 30.5 Å². The van der Waals surface area contributed by atoms with Gasteiger partial charge in [-0.3, -0.25) is 4.98 Å². The normalized spacial score (nSPS) is 17.9. The molecule has 180 valence electrons. The molecule has 0 spiro atoms. The molecule has 0 radical (unpaired) electrons. The molecule has 1 aromatic carbocycles. The van der Waals surface area contributed by atoms with E-state index in [2.05, 4.69) is 39.2 Å². The quantitative estimate of drug-likeness (QED) is 0.545. The first-order valence-electron chi connectivity index (χ1n) is 11.9. The maximum absolute atomic E-state index is 14.6. The summed E-state index contributed by atoms with van der Waals surface area (Å²) < 4.78 is 31.3. The van der Waals surface area contributed by atoms with Crippen LogP contribution in [-0.4, -0.2) is 61.4 Å². The van der Waals surface area contributed by atoms with Crippen LogP contribution in [0.1, 0.15) is 23.1 Å². The number of fused-ring (bicyclic) bond motifs is 2. The molecule has 1 N–H and O–H groups in total. The Balaban J connectivity index is 1.13. The summed E-state index contributed by atoms with van der Waals surface area (Å²) in [6.07, 6.45) is 3.03. The van der Waals surface area contributed by atoms with Crippen LogP contribution in [-0.2, 0) is 13.0 Å². The van der Waals surface area contributed by atoms with E-state index in [1.807, 2.05) is 6.07 Å². The lowest BCUT2D eigenvalue weighted by molar-refractivity contribution is 0.170. The van der Waals surface area contributed by atoms with Gasteiger partial charge in [0.15, 0.2) is 11.5 Å². The topological polar surface area (TPSA) is 68.7 Å². The van der Waals surface area contributed by atoms with Crippen LogP contribution >= 0.6 is 0 Å². The molecule has 1 fully saturated rings. The predicted octanol–water partition coefficient (Wildman–Crippen LogP) is 3.51. The number of pyridine rings is 2. The number of ether oxygens (including phenoxy) is 3. The first-order valence-corrected chi connectivity index (χ1v) is 11.9. The summed E-state index contributed by atoms with van der Waals surface area (Å²) in [7, 11) is 1.56. The zero-order valence-electron chi connectivity index (χ0n) is 19.8. The first-order chi connectivity index (χ1) is 16.6. The van der Waals surface area contributed by atoms with Gasteiger partial charge in [-0.2, -0.15) is 0 Å². The maximum atomic E-state index is 14.6. The molecular weight excluding hydrogens is 435 g/mol. The minimum absolute atomic E-state index is 0.305. The Morgan fingerprint density at radius 1 is 1.24 bits per heavy atom. The van der Waals surface area contributed by atoms with Crippen molar-refractivity contribution in [3.63, 3.8) is 0 Å². The molecule has 34 heavy (non-hydrogen) atoms. The number of nitrogens with zero attached hydrogens (tertiary/aromatic N) is 3. The number of methoxy groups -OCH3 is 1. The van der Waals surface area contributed by atoms with Gasteiger partial charge in [0.1, 0.15) is 19.0 Å². The van der Waals surface area contributed by atoms with Crippen molar-refractivity contribution in [1.82, 2.24) is 20.2 Å². The number of hydrogen-bond donors (Lipinski definition) is 1. The summed E-state index contributed by atoms with van der Waals surface area (Å²) in [5.74, 6) is 2.46. The molecular formula is C26H31FN4O3. The molecule has 2 aliphatic heterocycles. The van der Waals surface area contributed by atoms with Gasteiger partial charge in [-0.05, 0) is 62.0 Å². The highest BCUT2D eigenvalue weighted by Gasteiger charge is 2.23. The molecule has 3 aromatic rings. The van der Waals surface area contributed by atoms with Crippen molar-refractivity contribution in [1.29, 1.82) is 0 Å². The maximum Gasteiger partial charge on any atom is 0.213 e. The van der Waals surface area contributed by atoms with E-state index in [-0.39, 0.29) is 5.82 Å². The number of benzene rings is 1. The van der Waals surface area contributed by atoms with E-state index < -0.39 is 0 Å². The van der Waals surface area contributed by atoms with Gasteiger partial charge in [0.05, 0.1) is 24.3 Å². The van der Waals surface area contributed by atoms with Gasteiger partial charge in [0, 0.05) is 31.3 Å². The molecule has 2 aliphatic rings. The third kappa shape index (κ3) is 4.93. The second kappa shape index (κ2) is 10.1. The average molecular weight is 467 g/mol. The second-order valence-corrected chi connectivity index (χ2v) is 9.08. The highest BCUT2D eigenvalue weighted by atomic mass is 19.1. The average Bonchev–Trinajstić information content (AvgIpc) is 3.31. The molecule has 0 aliphatic carbocycles. The van der Waals surface area contributed by atoms with Crippen LogP contribution in [0.25, 0.3) is 11.0 Å². The van der Waals surface area contributed by atoms with E-state index in [0.717, 1.165) is 56.2 Å². The number of nitrogens with one attached hydrogen (secondary N) is 1. The number of likely N-dealkylation sites (tertiary alicyclic amines) is 1. The van der Waals surface area contributed by atoms with E-state index in [1.54, 1.807) is 13.2 Å². The molecule has 0 amide bonds. The van der Waals surface area contributed by atoms with E-state index in [0.29, 0.717) is 48.0 Å². The Labute approximate surface area is 199 Å². The monoisotopic (exact) mass is 466 g/mol. The van der Waals surface area contributed by atoms with Crippen molar-refractivity contribution in [3.8, 4) is 17.4 Å². The minimum atomic E-state index is -0.305. The van der Waals surface area contributed by atoms with Gasteiger partial charge in [0.25, 0.3) is 0 Å². The Bertz CT molecular complexity index is 1170. The number of hydrogen-bond acceptors (Lipinski definition) is 7. The third-order valence-corrected chi connectivity index (χ3v) is 6.65. The smallest absolute Gasteiger partial charge is 0.213 e. The molecule has 2 aromatic heterocycles. The molecule has 8 heteroatoms. The zero-order chi connectivity index (χ0) is 23.5. The van der Waals surface area contributed by atoms with E-state index in [9.17, 15) is 4.39 Å². The Morgan fingerprint density at radius 2 is 2.12 bits per heavy atom. The van der Waals surface area contributed by atoms with Gasteiger partial charge in [0.2, 0.25) is 5.88 Å². The van der Waals surface area contributed by atoms with Crippen LogP contribution in [0.2, 0.25) is 0 Å². The largest absolute Gasteiger partial charge is 0.486 e. The molecule has 7 nitrogen and oxygen atoms in total. The summed E-state index contributed by atoms with van der Waals surface area (Å²) in [6, 6.07) is 7.82. The lowest BCUT2D eigenvalue weighted by Crippen LogP contribution is -2.28. The number of rotatable bonds is 8. The standard InChI is InChI=1S/C26H31FN4O3/c1-17-11-19(12-23-26(17)34-10-9-33-23)14-28-13-18-5-7-31(16-18)8-6-20-21(27)15-29-22-3-4-24(32-2)30-25(20)22/h3-4,11-12,15,18,28H,5-10,13-14,16H2,1-2H3/t18-/m0/s1. The number of aryl methyl sites for hydroxylation is 1. The fourth-order valence-corrected chi connectivity index (χ4v) is 4.91. The SMILES string of the molecule is COc1ccc2ncc(F)c(CCN3CC[C@@H](CNCc4cc(C)c5c(c4)OCCO5)C3)c2n1. The van der Waals surface area contributed by atoms with E-state index in [1.165, 1.54) is 11.8 Å². The van der Waals surface area contributed by atoms with E-state index in [4.69, 9.17) is 14.2 Å². The lowest BCUT2D eigenvalue weighted by Gasteiger charge is -2.21. The Hall–Kier alpha value is -2.97. The van der Waals surface area contributed by atoms with Gasteiger partial charge in [-0.1, -0.05) is 6.07 Å². The van der Waals surface area contributed by atoms with Gasteiger partial charge < -0.3 is 24.4 Å². The molecule has 5 rings (SSSR count). The molecule has 0 bridgehead atoms. The fourth-order valence-electron chi connectivity index (χ4n) is 4.91. The van der Waals surface area contributed by atoms with Crippen LogP contribution in [0.5, 0.6) is 17.4 Å². The zero-order valence-corrected chi connectivity index (χ0v) is 19.8. The second-order valence-electron chi connectivity index (χ2n) is 9.08. The summed E-state index contributed by atoms with van der Waals surface area (Å²) in [5, 5.41) is 3.60. The van der Waals surface area contributed by atoms with Crippen LogP contribution in [0.3, 0.4) is 0 Å². The van der Waals surface area contributed by atoms with Crippen molar-refractivity contribution < 1.29 is 18.6 Å². The summed E-state index contributed by atoms with van der Waals surface area (Å²) in [4.78, 5) is 11.0. The predicted molar refractivity (Wildman–Crippen MR) is 128 cm³/mol. The highest BCUT2D eigenvalue weighted by Crippen LogP contribution is 2.34. The van der Waals surface area contributed by atoms with Gasteiger partial charge >= 0.3 is 0 Å².